The Bertz CT molecular complexity index is 856. The summed E-state index contributed by atoms with van der Waals surface area (Å²) < 4.78 is 0. The zero-order chi connectivity index (χ0) is 17.8. The summed E-state index contributed by atoms with van der Waals surface area (Å²) >= 11 is 11.0. The van der Waals surface area contributed by atoms with Gasteiger partial charge >= 0.3 is 0 Å². The molecule has 0 unspecified atom stereocenters. The van der Waals surface area contributed by atoms with E-state index in [9.17, 15) is 10.1 Å². The number of nitro benzene ring substituents is 1. The first-order valence-corrected chi connectivity index (χ1v) is 8.44. The fourth-order valence-electron chi connectivity index (χ4n) is 2.81. The highest BCUT2D eigenvalue weighted by molar-refractivity contribution is 7.80. The monoisotopic (exact) mass is 374 g/mol. The van der Waals surface area contributed by atoms with Crippen molar-refractivity contribution >= 4 is 40.8 Å². The molecule has 1 aliphatic rings. The Morgan fingerprint density at radius 3 is 2.96 bits per heavy atom. The number of fused-ring (bicyclic) bond motifs is 1. The molecule has 0 fully saturated rings. The second kappa shape index (κ2) is 7.58. The van der Waals surface area contributed by atoms with Crippen LogP contribution in [0.2, 0.25) is 5.02 Å². The molecule has 0 saturated carbocycles. The van der Waals surface area contributed by atoms with E-state index in [0.29, 0.717) is 10.7 Å². The van der Waals surface area contributed by atoms with Crippen molar-refractivity contribution in [1.82, 2.24) is 10.7 Å². The molecule has 2 N–H and O–H groups in total. The summed E-state index contributed by atoms with van der Waals surface area (Å²) in [4.78, 5) is 10.3. The molecule has 2 aromatic carbocycles. The van der Waals surface area contributed by atoms with Crippen LogP contribution >= 0.6 is 23.8 Å². The summed E-state index contributed by atoms with van der Waals surface area (Å²) in [7, 11) is 0. The first-order chi connectivity index (χ1) is 12.0. The lowest BCUT2D eigenvalue weighted by Gasteiger charge is -2.15. The number of hydrogen-bond acceptors (Lipinski definition) is 4. The fraction of sp³-hybridized carbons (Fsp3) is 0.176. The van der Waals surface area contributed by atoms with Crippen LogP contribution in [0.5, 0.6) is 0 Å². The lowest BCUT2D eigenvalue weighted by molar-refractivity contribution is -0.384. The first kappa shape index (κ1) is 17.3. The number of hydrogen-bond donors (Lipinski definition) is 2. The molecule has 25 heavy (non-hydrogen) atoms. The Labute approximate surface area is 155 Å². The first-order valence-electron chi connectivity index (χ1n) is 7.66. The number of hydrazone groups is 1. The predicted molar refractivity (Wildman–Crippen MR) is 102 cm³/mol. The van der Waals surface area contributed by atoms with Crippen LogP contribution in [0.3, 0.4) is 0 Å². The molecular formula is C17H15ClN4O2S. The summed E-state index contributed by atoms with van der Waals surface area (Å²) in [5, 5.41) is 18.6. The van der Waals surface area contributed by atoms with Crippen molar-refractivity contribution in [3.05, 3.63) is 74.3 Å². The highest BCUT2D eigenvalue weighted by Gasteiger charge is 2.22. The molecular weight excluding hydrogens is 360 g/mol. The number of nitrogens with zero attached hydrogens (tertiary/aromatic N) is 2. The van der Waals surface area contributed by atoms with Gasteiger partial charge in [0.25, 0.3) is 5.69 Å². The van der Waals surface area contributed by atoms with E-state index in [0.717, 1.165) is 12.8 Å². The van der Waals surface area contributed by atoms with E-state index in [4.69, 9.17) is 23.8 Å². The van der Waals surface area contributed by atoms with Gasteiger partial charge in [-0.05, 0) is 42.3 Å². The third-order valence-corrected chi connectivity index (χ3v) is 4.51. The van der Waals surface area contributed by atoms with Crippen LogP contribution in [-0.2, 0) is 6.42 Å². The molecule has 0 aromatic heterocycles. The topological polar surface area (TPSA) is 79.6 Å². The number of nitro groups is 1. The van der Waals surface area contributed by atoms with Crippen molar-refractivity contribution in [3.8, 4) is 0 Å². The van der Waals surface area contributed by atoms with Gasteiger partial charge in [-0.1, -0.05) is 41.9 Å². The molecule has 0 saturated heterocycles. The Morgan fingerprint density at radius 1 is 1.36 bits per heavy atom. The fourth-order valence-corrected chi connectivity index (χ4v) is 3.19. The molecule has 1 aliphatic carbocycles. The Balaban J connectivity index is 1.59. The maximum atomic E-state index is 10.9. The summed E-state index contributed by atoms with van der Waals surface area (Å²) in [5.74, 6) is 0. The van der Waals surface area contributed by atoms with Gasteiger partial charge in [-0.15, -0.1) is 0 Å². The number of thiocarbonyl (C=S) groups is 1. The average Bonchev–Trinajstić information content (AvgIpc) is 2.99. The highest BCUT2D eigenvalue weighted by atomic mass is 35.5. The molecule has 6 nitrogen and oxygen atoms in total. The number of halogens is 1. The molecule has 1 atom stereocenters. The second-order valence-electron chi connectivity index (χ2n) is 5.60. The van der Waals surface area contributed by atoms with Crippen molar-refractivity contribution in [1.29, 1.82) is 0 Å². The van der Waals surface area contributed by atoms with Gasteiger partial charge in [0.15, 0.2) is 5.11 Å². The Hall–Kier alpha value is -2.51. The number of nitrogens with one attached hydrogen (secondary N) is 2. The zero-order valence-electron chi connectivity index (χ0n) is 13.1. The third kappa shape index (κ3) is 4.12. The minimum atomic E-state index is -0.531. The van der Waals surface area contributed by atoms with Gasteiger partial charge in [0.1, 0.15) is 5.02 Å². The van der Waals surface area contributed by atoms with Crippen LogP contribution in [0, 0.1) is 10.1 Å². The van der Waals surface area contributed by atoms with E-state index < -0.39 is 4.92 Å². The Kier molecular flexibility index (Phi) is 5.25. The van der Waals surface area contributed by atoms with Gasteiger partial charge < -0.3 is 5.32 Å². The van der Waals surface area contributed by atoms with Gasteiger partial charge in [-0.25, -0.2) is 0 Å². The van der Waals surface area contributed by atoms with E-state index in [1.54, 1.807) is 6.07 Å². The van der Waals surface area contributed by atoms with Crippen LogP contribution in [-0.4, -0.2) is 16.3 Å². The molecule has 2 aromatic rings. The van der Waals surface area contributed by atoms with E-state index in [1.165, 1.54) is 29.5 Å². The standard InChI is InChI=1S/C17H15ClN4O2S/c18-14-7-5-11(9-16(14)22(23)24)10-19-21-17(25)20-15-8-6-12-3-1-2-4-13(12)15/h1-5,7,9-10,15H,6,8H2,(H2,20,21,25)/b19-10+/t15-/m1/s1. The largest absolute Gasteiger partial charge is 0.354 e. The van der Waals surface area contributed by atoms with Gasteiger partial charge in [0, 0.05) is 11.6 Å². The van der Waals surface area contributed by atoms with Crippen molar-refractivity contribution in [2.24, 2.45) is 5.10 Å². The minimum Gasteiger partial charge on any atom is -0.354 e. The van der Waals surface area contributed by atoms with Crippen LogP contribution in [0.15, 0.2) is 47.6 Å². The quantitative estimate of drug-likeness (QED) is 0.369. The summed E-state index contributed by atoms with van der Waals surface area (Å²) in [6.45, 7) is 0. The van der Waals surface area contributed by atoms with Crippen LogP contribution in [0.4, 0.5) is 5.69 Å². The van der Waals surface area contributed by atoms with Gasteiger partial charge in [-0.2, -0.15) is 5.10 Å². The number of benzene rings is 2. The summed E-state index contributed by atoms with van der Waals surface area (Å²) in [6, 6.07) is 12.9. The molecule has 0 aliphatic heterocycles. The van der Waals surface area contributed by atoms with E-state index in [2.05, 4.69) is 28.0 Å². The second-order valence-corrected chi connectivity index (χ2v) is 6.42. The Morgan fingerprint density at radius 2 is 2.16 bits per heavy atom. The van der Waals surface area contributed by atoms with E-state index >= 15 is 0 Å². The SMILES string of the molecule is O=[N+]([O-])c1cc(/C=N/NC(=S)N[C@@H]2CCc3ccccc32)ccc1Cl. The maximum absolute atomic E-state index is 10.9. The molecule has 0 bridgehead atoms. The lowest BCUT2D eigenvalue weighted by atomic mass is 10.1. The zero-order valence-corrected chi connectivity index (χ0v) is 14.7. The molecule has 0 radical (unpaired) electrons. The molecule has 128 valence electrons. The van der Waals surface area contributed by atoms with Gasteiger partial charge in [0.05, 0.1) is 17.2 Å². The van der Waals surface area contributed by atoms with Crippen molar-refractivity contribution < 1.29 is 4.92 Å². The van der Waals surface area contributed by atoms with Crippen molar-refractivity contribution in [2.75, 3.05) is 0 Å². The van der Waals surface area contributed by atoms with Crippen LogP contribution < -0.4 is 10.7 Å². The van der Waals surface area contributed by atoms with Crippen LogP contribution in [0.25, 0.3) is 0 Å². The minimum absolute atomic E-state index is 0.0900. The predicted octanol–water partition coefficient (Wildman–Crippen LogP) is 3.73. The van der Waals surface area contributed by atoms with Crippen molar-refractivity contribution in [3.63, 3.8) is 0 Å². The number of rotatable bonds is 4. The third-order valence-electron chi connectivity index (χ3n) is 3.98. The summed E-state index contributed by atoms with van der Waals surface area (Å²) in [6.07, 6.45) is 3.46. The van der Waals surface area contributed by atoms with E-state index in [1.807, 2.05) is 12.1 Å². The molecule has 0 amide bonds. The van der Waals surface area contributed by atoms with Gasteiger partial charge in [0.2, 0.25) is 0 Å². The lowest BCUT2D eigenvalue weighted by Crippen LogP contribution is -2.34. The van der Waals surface area contributed by atoms with E-state index in [-0.39, 0.29) is 16.8 Å². The highest BCUT2D eigenvalue weighted by Crippen LogP contribution is 2.30. The molecule has 0 heterocycles. The number of aryl methyl sites for hydroxylation is 1. The molecule has 3 rings (SSSR count). The van der Waals surface area contributed by atoms with Gasteiger partial charge in [-0.3, -0.25) is 15.5 Å². The molecule has 8 heteroatoms. The van der Waals surface area contributed by atoms with Crippen molar-refractivity contribution in [2.45, 2.75) is 18.9 Å². The maximum Gasteiger partial charge on any atom is 0.288 e. The normalized spacial score (nSPS) is 15.8. The smallest absolute Gasteiger partial charge is 0.288 e. The molecule has 0 spiro atoms. The summed E-state index contributed by atoms with van der Waals surface area (Å²) in [5.41, 5.74) is 5.72. The van der Waals surface area contributed by atoms with Crippen LogP contribution in [0.1, 0.15) is 29.2 Å². The average molecular weight is 375 g/mol.